The minimum Gasteiger partial charge on any atom is -0.546 e. The molecule has 0 amide bonds. The van der Waals surface area contributed by atoms with Gasteiger partial charge >= 0.3 is 0 Å². The Balaban J connectivity index is 2.83. The number of aliphatic carboxylic acids is 1. The molecule has 1 aromatic carbocycles. The molecule has 1 aromatic rings. The summed E-state index contributed by atoms with van der Waals surface area (Å²) in [5.74, 6) is -0.583. The van der Waals surface area contributed by atoms with Crippen LogP contribution in [0.4, 0.5) is 0 Å². The van der Waals surface area contributed by atoms with Crippen LogP contribution in [0.5, 0.6) is 5.75 Å². The second-order valence-electron chi connectivity index (χ2n) is 3.66. The zero-order chi connectivity index (χ0) is 11.4. The number of benzene rings is 1. The van der Waals surface area contributed by atoms with Crippen LogP contribution in [0.25, 0.3) is 0 Å². The summed E-state index contributed by atoms with van der Waals surface area (Å²) in [5, 5.41) is 10.7. The highest BCUT2D eigenvalue weighted by Crippen LogP contribution is 2.18. The maximum atomic E-state index is 10.7. The van der Waals surface area contributed by atoms with Crippen LogP contribution in [-0.4, -0.2) is 12.1 Å². The average Bonchev–Trinajstić information content (AvgIpc) is 2.12. The van der Waals surface area contributed by atoms with Gasteiger partial charge in [-0.2, -0.15) is 0 Å². The van der Waals surface area contributed by atoms with E-state index in [2.05, 4.69) is 0 Å². The molecule has 0 N–H and O–H groups in total. The molecule has 0 aliphatic heterocycles. The number of hydrogen-bond donors (Lipinski definition) is 0. The first kappa shape index (κ1) is 11.6. The van der Waals surface area contributed by atoms with Gasteiger partial charge in [-0.15, -0.1) is 0 Å². The van der Waals surface area contributed by atoms with Crippen LogP contribution in [0.2, 0.25) is 0 Å². The van der Waals surface area contributed by atoms with Gasteiger partial charge in [-0.3, -0.25) is 0 Å². The van der Waals surface area contributed by atoms with Gasteiger partial charge in [0.15, 0.2) is 0 Å². The Morgan fingerprint density at radius 1 is 1.33 bits per heavy atom. The first-order valence-electron chi connectivity index (χ1n) is 4.98. The molecule has 82 valence electrons. The van der Waals surface area contributed by atoms with Crippen LogP contribution in [-0.2, 0) is 4.79 Å². The van der Waals surface area contributed by atoms with Crippen molar-refractivity contribution in [3.8, 4) is 5.75 Å². The van der Waals surface area contributed by atoms with E-state index in [0.717, 1.165) is 11.1 Å². The van der Waals surface area contributed by atoms with Gasteiger partial charge < -0.3 is 14.6 Å². The lowest BCUT2D eigenvalue weighted by molar-refractivity contribution is -0.313. The number of hydrogen-bond acceptors (Lipinski definition) is 3. The summed E-state index contributed by atoms with van der Waals surface area (Å²) in [6.45, 7) is 5.64. The number of carboxylic acid groups (broad SMARTS) is 1. The lowest BCUT2D eigenvalue weighted by Crippen LogP contribution is -2.39. The van der Waals surface area contributed by atoms with Gasteiger partial charge in [0.25, 0.3) is 0 Å². The molecule has 0 spiro atoms. The molecule has 15 heavy (non-hydrogen) atoms. The highest BCUT2D eigenvalue weighted by atomic mass is 16.5. The van der Waals surface area contributed by atoms with Crippen molar-refractivity contribution >= 4 is 5.97 Å². The van der Waals surface area contributed by atoms with E-state index in [1.807, 2.05) is 32.0 Å². The summed E-state index contributed by atoms with van der Waals surface area (Å²) in [7, 11) is 0. The van der Waals surface area contributed by atoms with E-state index in [9.17, 15) is 9.90 Å². The van der Waals surface area contributed by atoms with Crippen LogP contribution in [0.15, 0.2) is 18.2 Å². The van der Waals surface area contributed by atoms with Crippen molar-refractivity contribution in [1.29, 1.82) is 0 Å². The Morgan fingerprint density at radius 2 is 1.87 bits per heavy atom. The van der Waals surface area contributed by atoms with Crippen molar-refractivity contribution in [2.45, 2.75) is 33.3 Å². The fourth-order valence-electron chi connectivity index (χ4n) is 1.46. The number of ether oxygens (including phenoxy) is 1. The van der Waals surface area contributed by atoms with Crippen molar-refractivity contribution in [2.24, 2.45) is 0 Å². The molecule has 0 heterocycles. The van der Waals surface area contributed by atoms with Crippen molar-refractivity contribution in [3.05, 3.63) is 29.3 Å². The maximum Gasteiger partial charge on any atom is 0.138 e. The van der Waals surface area contributed by atoms with Gasteiger partial charge in [0.1, 0.15) is 11.9 Å². The Kier molecular flexibility index (Phi) is 3.72. The molecular weight excluding hydrogens is 192 g/mol. The van der Waals surface area contributed by atoms with Crippen molar-refractivity contribution in [3.63, 3.8) is 0 Å². The minimum atomic E-state index is -1.17. The third-order valence-electron chi connectivity index (χ3n) is 2.11. The molecule has 1 rings (SSSR count). The summed E-state index contributed by atoms with van der Waals surface area (Å²) in [6, 6.07) is 5.64. The molecule has 0 aliphatic carbocycles. The summed E-state index contributed by atoms with van der Waals surface area (Å²) in [5.41, 5.74) is 2.11. The number of carboxylic acids is 1. The normalized spacial score (nSPS) is 12.2. The molecule has 0 saturated heterocycles. The molecule has 0 radical (unpaired) electrons. The lowest BCUT2D eigenvalue weighted by Gasteiger charge is -2.18. The molecule has 0 aliphatic rings. The minimum absolute atomic E-state index is 0.398. The molecule has 3 nitrogen and oxygen atoms in total. The highest BCUT2D eigenvalue weighted by Gasteiger charge is 2.09. The van der Waals surface area contributed by atoms with Gasteiger partial charge in [-0.05, 0) is 43.5 Å². The SMILES string of the molecule is CC[C@H](Oc1cc(C)cc(C)c1)C(=O)[O-]. The number of aryl methyl sites for hydroxylation is 2. The molecule has 0 fully saturated rings. The van der Waals surface area contributed by atoms with E-state index in [4.69, 9.17) is 4.74 Å². The zero-order valence-corrected chi connectivity index (χ0v) is 9.24. The second kappa shape index (κ2) is 4.82. The average molecular weight is 207 g/mol. The van der Waals surface area contributed by atoms with Crippen molar-refractivity contribution in [1.82, 2.24) is 0 Å². The van der Waals surface area contributed by atoms with Gasteiger partial charge in [0, 0.05) is 0 Å². The summed E-state index contributed by atoms with van der Waals surface area (Å²) in [4.78, 5) is 10.7. The van der Waals surface area contributed by atoms with Gasteiger partial charge in [-0.25, -0.2) is 0 Å². The standard InChI is InChI=1S/C12H16O3/c1-4-11(12(13)14)15-10-6-8(2)5-9(3)7-10/h5-7,11H,4H2,1-3H3,(H,13,14)/p-1/t11-/m0/s1. The van der Waals surface area contributed by atoms with Gasteiger partial charge in [0.05, 0.1) is 5.97 Å². The third-order valence-corrected chi connectivity index (χ3v) is 2.11. The van der Waals surface area contributed by atoms with E-state index in [-0.39, 0.29) is 0 Å². The summed E-state index contributed by atoms with van der Waals surface area (Å²) < 4.78 is 5.32. The first-order valence-corrected chi connectivity index (χ1v) is 4.98. The first-order chi connectivity index (χ1) is 7.02. The summed E-state index contributed by atoms with van der Waals surface area (Å²) >= 11 is 0. The molecule has 1 atom stereocenters. The number of rotatable bonds is 4. The third kappa shape index (κ3) is 3.27. The molecule has 0 saturated carbocycles. The van der Waals surface area contributed by atoms with E-state index in [1.165, 1.54) is 0 Å². The van der Waals surface area contributed by atoms with E-state index < -0.39 is 12.1 Å². The lowest BCUT2D eigenvalue weighted by atomic mass is 10.1. The molecule has 0 bridgehead atoms. The quantitative estimate of drug-likeness (QED) is 0.745. The Bertz CT molecular complexity index is 338. The van der Waals surface area contributed by atoms with Crippen LogP contribution in [0.1, 0.15) is 24.5 Å². The van der Waals surface area contributed by atoms with Gasteiger partial charge in [0.2, 0.25) is 0 Å². The number of carbonyl (C=O) groups excluding carboxylic acids is 1. The summed E-state index contributed by atoms with van der Waals surface area (Å²) in [6.07, 6.45) is -0.471. The fourth-order valence-corrected chi connectivity index (χ4v) is 1.46. The fraction of sp³-hybridized carbons (Fsp3) is 0.417. The second-order valence-corrected chi connectivity index (χ2v) is 3.66. The maximum absolute atomic E-state index is 10.7. The van der Waals surface area contributed by atoms with Crippen LogP contribution in [0, 0.1) is 13.8 Å². The zero-order valence-electron chi connectivity index (χ0n) is 9.24. The van der Waals surface area contributed by atoms with E-state index in [0.29, 0.717) is 12.2 Å². The van der Waals surface area contributed by atoms with Crippen LogP contribution in [0.3, 0.4) is 0 Å². The van der Waals surface area contributed by atoms with Crippen LogP contribution < -0.4 is 9.84 Å². The topological polar surface area (TPSA) is 49.4 Å². The largest absolute Gasteiger partial charge is 0.546 e. The molecule has 0 unspecified atom stereocenters. The smallest absolute Gasteiger partial charge is 0.138 e. The molecular formula is C12H15O3-. The Morgan fingerprint density at radius 3 is 2.27 bits per heavy atom. The monoisotopic (exact) mass is 207 g/mol. The Hall–Kier alpha value is -1.51. The van der Waals surface area contributed by atoms with E-state index in [1.54, 1.807) is 6.92 Å². The van der Waals surface area contributed by atoms with E-state index >= 15 is 0 Å². The molecule has 3 heteroatoms. The van der Waals surface area contributed by atoms with Crippen molar-refractivity contribution in [2.75, 3.05) is 0 Å². The van der Waals surface area contributed by atoms with Gasteiger partial charge in [-0.1, -0.05) is 13.0 Å². The highest BCUT2D eigenvalue weighted by molar-refractivity contribution is 5.70. The number of carbonyl (C=O) groups is 1. The van der Waals surface area contributed by atoms with Crippen molar-refractivity contribution < 1.29 is 14.6 Å². The Labute approximate surface area is 89.7 Å². The predicted octanol–water partition coefficient (Wildman–Crippen LogP) is 1.21. The molecule has 0 aromatic heterocycles. The predicted molar refractivity (Wildman–Crippen MR) is 55.6 cm³/mol. The van der Waals surface area contributed by atoms with Crippen LogP contribution >= 0.6 is 0 Å².